The molecule has 0 nitrogen and oxygen atoms in total. The van der Waals surface area contributed by atoms with Gasteiger partial charge in [-0.2, -0.15) is 0 Å². The average molecular weight is 150 g/mol. The molecule has 3 aliphatic carbocycles. The Kier molecular flexibility index (Phi) is 0.832. The van der Waals surface area contributed by atoms with Crippen LogP contribution in [-0.4, -0.2) is 0 Å². The van der Waals surface area contributed by atoms with E-state index >= 15 is 0 Å². The third-order valence-electron chi connectivity index (χ3n) is 5.05. The average Bonchev–Trinajstić information content (AvgIpc) is 2.68. The molecule has 62 valence electrons. The zero-order chi connectivity index (χ0) is 7.85. The Balaban J connectivity index is 1.85. The van der Waals surface area contributed by atoms with Crippen molar-refractivity contribution < 1.29 is 0 Å². The van der Waals surface area contributed by atoms with Gasteiger partial charge in [0.05, 0.1) is 0 Å². The Morgan fingerprint density at radius 2 is 1.73 bits per heavy atom. The highest BCUT2D eigenvalue weighted by Crippen LogP contribution is 2.76. The Labute approximate surface area is 69.4 Å². The highest BCUT2D eigenvalue weighted by molar-refractivity contribution is 5.17. The first-order chi connectivity index (χ1) is 5.04. The predicted molar refractivity (Wildman–Crippen MR) is 46.2 cm³/mol. The van der Waals surface area contributed by atoms with E-state index in [1.54, 1.807) is 19.3 Å². The molecule has 3 fully saturated rings. The molecular formula is C11H18. The van der Waals surface area contributed by atoms with Gasteiger partial charge >= 0.3 is 0 Å². The van der Waals surface area contributed by atoms with Gasteiger partial charge in [-0.3, -0.25) is 0 Å². The Morgan fingerprint density at radius 1 is 1.00 bits per heavy atom. The predicted octanol–water partition coefficient (Wildman–Crippen LogP) is 3.08. The van der Waals surface area contributed by atoms with Crippen molar-refractivity contribution in [3.63, 3.8) is 0 Å². The highest BCUT2D eigenvalue weighted by atomic mass is 14.7. The molecule has 0 N–H and O–H groups in total. The van der Waals surface area contributed by atoms with Crippen LogP contribution in [0.1, 0.15) is 40.0 Å². The molecule has 3 saturated carbocycles. The molecule has 0 radical (unpaired) electrons. The number of hydrogen-bond donors (Lipinski definition) is 0. The second-order valence-corrected chi connectivity index (χ2v) is 6.03. The van der Waals surface area contributed by atoms with Gasteiger partial charge in [0.2, 0.25) is 0 Å². The lowest BCUT2D eigenvalue weighted by Crippen LogP contribution is -2.06. The van der Waals surface area contributed by atoms with Gasteiger partial charge in [-0.05, 0) is 47.8 Å². The molecule has 0 aromatic heterocycles. The van der Waals surface area contributed by atoms with Crippen LogP contribution >= 0.6 is 0 Å². The molecule has 0 amide bonds. The summed E-state index contributed by atoms with van der Waals surface area (Å²) in [6.45, 7) is 7.44. The molecule has 0 aromatic carbocycles. The normalized spacial score (nSPS) is 63.0. The van der Waals surface area contributed by atoms with Crippen molar-refractivity contribution in [3.05, 3.63) is 0 Å². The zero-order valence-corrected chi connectivity index (χ0v) is 7.85. The van der Waals surface area contributed by atoms with E-state index in [1.165, 1.54) is 0 Å². The lowest BCUT2D eigenvalue weighted by Gasteiger charge is -2.15. The SMILES string of the molecule is CC1(C)[C@H]2C[C@H]3C[C@]3(C)C[C@@H]21. The van der Waals surface area contributed by atoms with Crippen LogP contribution in [0.2, 0.25) is 0 Å². The van der Waals surface area contributed by atoms with Gasteiger partial charge in [0.25, 0.3) is 0 Å². The molecule has 0 spiro atoms. The highest BCUT2D eigenvalue weighted by Gasteiger charge is 2.68. The van der Waals surface area contributed by atoms with Crippen LogP contribution in [0.5, 0.6) is 0 Å². The van der Waals surface area contributed by atoms with Gasteiger partial charge in [-0.15, -0.1) is 0 Å². The second-order valence-electron chi connectivity index (χ2n) is 6.03. The molecule has 0 bridgehead atoms. The zero-order valence-electron chi connectivity index (χ0n) is 7.85. The molecule has 0 aliphatic heterocycles. The fourth-order valence-electron chi connectivity index (χ4n) is 3.66. The van der Waals surface area contributed by atoms with Gasteiger partial charge in [0.1, 0.15) is 0 Å². The summed E-state index contributed by atoms with van der Waals surface area (Å²) in [6.07, 6.45) is 4.67. The molecule has 0 unspecified atom stereocenters. The van der Waals surface area contributed by atoms with Crippen LogP contribution in [0.15, 0.2) is 0 Å². The van der Waals surface area contributed by atoms with Crippen molar-refractivity contribution in [2.24, 2.45) is 28.6 Å². The Hall–Kier alpha value is 0. The quantitative estimate of drug-likeness (QED) is 0.498. The lowest BCUT2D eigenvalue weighted by molar-refractivity contribution is 0.348. The molecular weight excluding hydrogens is 132 g/mol. The minimum atomic E-state index is 0.733. The minimum Gasteiger partial charge on any atom is -0.0594 e. The maximum absolute atomic E-state index is 2.50. The Morgan fingerprint density at radius 3 is 2.36 bits per heavy atom. The largest absolute Gasteiger partial charge is 0.0594 e. The summed E-state index contributed by atoms with van der Waals surface area (Å²) >= 11 is 0. The van der Waals surface area contributed by atoms with Gasteiger partial charge in [0.15, 0.2) is 0 Å². The summed E-state index contributed by atoms with van der Waals surface area (Å²) < 4.78 is 0. The lowest BCUT2D eigenvalue weighted by atomic mass is 9.90. The van der Waals surface area contributed by atoms with Crippen molar-refractivity contribution in [3.8, 4) is 0 Å². The molecule has 0 aromatic rings. The summed E-state index contributed by atoms with van der Waals surface area (Å²) in [4.78, 5) is 0. The number of fused-ring (bicyclic) bond motifs is 2. The summed E-state index contributed by atoms with van der Waals surface area (Å²) in [5.41, 5.74) is 1.55. The van der Waals surface area contributed by atoms with Crippen LogP contribution in [0, 0.1) is 28.6 Å². The van der Waals surface area contributed by atoms with Crippen molar-refractivity contribution in [2.75, 3.05) is 0 Å². The van der Waals surface area contributed by atoms with E-state index < -0.39 is 0 Å². The summed E-state index contributed by atoms with van der Waals surface area (Å²) in [7, 11) is 0. The number of rotatable bonds is 0. The first-order valence-corrected chi connectivity index (χ1v) is 5.04. The molecule has 4 atom stereocenters. The molecule has 11 heavy (non-hydrogen) atoms. The van der Waals surface area contributed by atoms with Crippen LogP contribution in [0.4, 0.5) is 0 Å². The first kappa shape index (κ1) is 6.51. The van der Waals surface area contributed by atoms with Gasteiger partial charge in [0, 0.05) is 0 Å². The minimum absolute atomic E-state index is 0.733. The monoisotopic (exact) mass is 150 g/mol. The maximum atomic E-state index is 2.50. The first-order valence-electron chi connectivity index (χ1n) is 5.04. The molecule has 0 saturated heterocycles. The van der Waals surface area contributed by atoms with Crippen molar-refractivity contribution in [1.29, 1.82) is 0 Å². The van der Waals surface area contributed by atoms with Crippen molar-refractivity contribution >= 4 is 0 Å². The van der Waals surface area contributed by atoms with Crippen LogP contribution < -0.4 is 0 Å². The third-order valence-corrected chi connectivity index (χ3v) is 5.05. The van der Waals surface area contributed by atoms with E-state index in [-0.39, 0.29) is 0 Å². The molecule has 3 aliphatic rings. The summed E-state index contributed by atoms with van der Waals surface area (Å²) in [5, 5.41) is 0. The molecule has 0 heterocycles. The van der Waals surface area contributed by atoms with E-state index in [0.29, 0.717) is 0 Å². The fraction of sp³-hybridized carbons (Fsp3) is 1.00. The molecule has 0 heteroatoms. The Bertz CT molecular complexity index is 216. The summed E-state index contributed by atoms with van der Waals surface area (Å²) in [6, 6.07) is 0. The van der Waals surface area contributed by atoms with Gasteiger partial charge < -0.3 is 0 Å². The maximum Gasteiger partial charge on any atom is -0.0291 e. The van der Waals surface area contributed by atoms with Crippen LogP contribution in [0.3, 0.4) is 0 Å². The fourth-order valence-corrected chi connectivity index (χ4v) is 3.66. The summed E-state index contributed by atoms with van der Waals surface area (Å²) in [5.74, 6) is 3.35. The van der Waals surface area contributed by atoms with Gasteiger partial charge in [-0.1, -0.05) is 20.8 Å². The van der Waals surface area contributed by atoms with Crippen molar-refractivity contribution in [2.45, 2.75) is 40.0 Å². The van der Waals surface area contributed by atoms with E-state index in [9.17, 15) is 0 Å². The van der Waals surface area contributed by atoms with Crippen molar-refractivity contribution in [1.82, 2.24) is 0 Å². The smallest absolute Gasteiger partial charge is 0.0291 e. The van der Waals surface area contributed by atoms with E-state index in [2.05, 4.69) is 20.8 Å². The standard InChI is InChI=1S/C11H18/c1-10(2)8-4-7-5-11(7,3)6-9(8)10/h7-9H,4-6H2,1-3H3/t7-,8-,9-,11+/m0/s1. The van der Waals surface area contributed by atoms with E-state index in [4.69, 9.17) is 0 Å². The molecule has 3 rings (SSSR count). The third kappa shape index (κ3) is 0.625. The number of hydrogen-bond acceptors (Lipinski definition) is 0. The van der Waals surface area contributed by atoms with E-state index in [1.807, 2.05) is 0 Å². The van der Waals surface area contributed by atoms with E-state index in [0.717, 1.165) is 28.6 Å². The van der Waals surface area contributed by atoms with Crippen LogP contribution in [0.25, 0.3) is 0 Å². The second kappa shape index (κ2) is 1.41. The topological polar surface area (TPSA) is 0 Å². The van der Waals surface area contributed by atoms with Crippen LogP contribution in [-0.2, 0) is 0 Å². The van der Waals surface area contributed by atoms with Gasteiger partial charge in [-0.25, -0.2) is 0 Å².